The van der Waals surface area contributed by atoms with Crippen LogP contribution in [0.5, 0.6) is 0 Å². The number of pyridine rings is 2. The zero-order valence-electron chi connectivity index (χ0n) is 12.5. The number of carbonyl (C=O) groups is 2. The number of hydrogen-bond acceptors (Lipinski definition) is 4. The molecule has 2 atom stereocenters. The average molecular weight is 311 g/mol. The van der Waals surface area contributed by atoms with Gasteiger partial charge >= 0.3 is 5.97 Å². The molecule has 1 saturated heterocycles. The summed E-state index contributed by atoms with van der Waals surface area (Å²) < 4.78 is 0. The number of carboxylic acids is 1. The lowest BCUT2D eigenvalue weighted by atomic mass is 9.90. The number of hydrogen-bond donors (Lipinski definition) is 1. The Bertz CT molecular complexity index is 691. The first-order valence-corrected chi connectivity index (χ1v) is 7.44. The van der Waals surface area contributed by atoms with Crippen molar-refractivity contribution >= 4 is 11.9 Å². The Morgan fingerprint density at radius 3 is 2.57 bits per heavy atom. The molecule has 2 aromatic rings. The molecule has 6 nitrogen and oxygen atoms in total. The van der Waals surface area contributed by atoms with Gasteiger partial charge in [-0.1, -0.05) is 6.07 Å². The maximum absolute atomic E-state index is 12.5. The zero-order valence-corrected chi connectivity index (χ0v) is 12.5. The third-order valence-electron chi connectivity index (χ3n) is 4.20. The Balaban J connectivity index is 1.75. The van der Waals surface area contributed by atoms with E-state index in [0.29, 0.717) is 6.54 Å². The minimum atomic E-state index is -0.872. The maximum Gasteiger partial charge on any atom is 0.308 e. The Labute approximate surface area is 133 Å². The van der Waals surface area contributed by atoms with Crippen LogP contribution in [0, 0.1) is 5.92 Å². The van der Waals surface area contributed by atoms with E-state index in [4.69, 9.17) is 0 Å². The van der Waals surface area contributed by atoms with E-state index in [1.54, 1.807) is 35.8 Å². The van der Waals surface area contributed by atoms with Crippen molar-refractivity contribution in [1.82, 2.24) is 14.9 Å². The standard InChI is InChI=1S/C17H17N3O3/c21-16(8-12-2-1-5-19-9-12)20-10-14(15(11-20)17(22)23)13-3-6-18-7-4-13/h1-7,9,14-15H,8,10-11H2,(H,22,23)/t14-,15+/m0/s1. The van der Waals surface area contributed by atoms with Crippen molar-refractivity contribution in [3.8, 4) is 0 Å². The van der Waals surface area contributed by atoms with Crippen LogP contribution in [-0.4, -0.2) is 44.9 Å². The topological polar surface area (TPSA) is 83.4 Å². The lowest BCUT2D eigenvalue weighted by molar-refractivity contribution is -0.141. The van der Waals surface area contributed by atoms with Gasteiger partial charge in [0.25, 0.3) is 0 Å². The van der Waals surface area contributed by atoms with Crippen molar-refractivity contribution in [2.75, 3.05) is 13.1 Å². The second-order valence-corrected chi connectivity index (χ2v) is 5.67. The third kappa shape index (κ3) is 3.36. The van der Waals surface area contributed by atoms with Gasteiger partial charge in [0.1, 0.15) is 0 Å². The average Bonchev–Trinajstić information content (AvgIpc) is 3.02. The van der Waals surface area contributed by atoms with Crippen LogP contribution >= 0.6 is 0 Å². The van der Waals surface area contributed by atoms with Gasteiger partial charge < -0.3 is 10.0 Å². The molecule has 1 N–H and O–H groups in total. The van der Waals surface area contributed by atoms with Gasteiger partial charge in [-0.25, -0.2) is 0 Å². The van der Waals surface area contributed by atoms with Crippen LogP contribution in [-0.2, 0) is 16.0 Å². The van der Waals surface area contributed by atoms with Crippen LogP contribution in [0.25, 0.3) is 0 Å². The largest absolute Gasteiger partial charge is 0.481 e. The first-order chi connectivity index (χ1) is 11.1. The van der Waals surface area contributed by atoms with Crippen molar-refractivity contribution in [3.63, 3.8) is 0 Å². The molecule has 3 rings (SSSR count). The quantitative estimate of drug-likeness (QED) is 0.921. The summed E-state index contributed by atoms with van der Waals surface area (Å²) in [6.07, 6.45) is 6.85. The molecular formula is C17H17N3O3. The molecule has 0 aliphatic carbocycles. The summed E-state index contributed by atoms with van der Waals surface area (Å²) >= 11 is 0. The molecule has 1 fully saturated rings. The minimum Gasteiger partial charge on any atom is -0.481 e. The lowest BCUT2D eigenvalue weighted by Crippen LogP contribution is -2.31. The van der Waals surface area contributed by atoms with Crippen molar-refractivity contribution in [3.05, 3.63) is 60.2 Å². The molecule has 118 valence electrons. The molecule has 0 bridgehead atoms. The van der Waals surface area contributed by atoms with Crippen LogP contribution in [0.4, 0.5) is 0 Å². The van der Waals surface area contributed by atoms with E-state index in [1.807, 2.05) is 18.2 Å². The predicted molar refractivity (Wildman–Crippen MR) is 82.6 cm³/mol. The molecule has 0 radical (unpaired) electrons. The van der Waals surface area contributed by atoms with E-state index >= 15 is 0 Å². The molecular weight excluding hydrogens is 294 g/mol. The smallest absolute Gasteiger partial charge is 0.308 e. The second kappa shape index (κ2) is 6.56. The van der Waals surface area contributed by atoms with E-state index in [9.17, 15) is 14.7 Å². The Morgan fingerprint density at radius 1 is 1.13 bits per heavy atom. The molecule has 0 aromatic carbocycles. The number of rotatable bonds is 4. The highest BCUT2D eigenvalue weighted by molar-refractivity contribution is 5.81. The third-order valence-corrected chi connectivity index (χ3v) is 4.20. The second-order valence-electron chi connectivity index (χ2n) is 5.67. The Kier molecular flexibility index (Phi) is 4.32. The van der Waals surface area contributed by atoms with Gasteiger partial charge in [-0.2, -0.15) is 0 Å². The highest BCUT2D eigenvalue weighted by Gasteiger charge is 2.40. The summed E-state index contributed by atoms with van der Waals surface area (Å²) in [6, 6.07) is 7.26. The SMILES string of the molecule is O=C(O)[C@@H]1CN(C(=O)Cc2cccnc2)C[C@H]1c1ccncc1. The fourth-order valence-corrected chi connectivity index (χ4v) is 3.00. The van der Waals surface area contributed by atoms with Gasteiger partial charge in [-0.05, 0) is 29.3 Å². The van der Waals surface area contributed by atoms with E-state index < -0.39 is 11.9 Å². The van der Waals surface area contributed by atoms with Crippen LogP contribution in [0.3, 0.4) is 0 Å². The number of aromatic nitrogens is 2. The molecule has 2 aromatic heterocycles. The summed E-state index contributed by atoms with van der Waals surface area (Å²) in [4.78, 5) is 33.6. The van der Waals surface area contributed by atoms with E-state index in [2.05, 4.69) is 9.97 Å². The van der Waals surface area contributed by atoms with Crippen LogP contribution < -0.4 is 0 Å². The van der Waals surface area contributed by atoms with E-state index in [-0.39, 0.29) is 24.8 Å². The molecule has 0 unspecified atom stereocenters. The Hall–Kier alpha value is -2.76. The summed E-state index contributed by atoms with van der Waals surface area (Å²) in [6.45, 7) is 0.654. The van der Waals surface area contributed by atoms with Gasteiger partial charge in [0.05, 0.1) is 12.3 Å². The summed E-state index contributed by atoms with van der Waals surface area (Å²) in [7, 11) is 0. The van der Waals surface area contributed by atoms with E-state index in [0.717, 1.165) is 11.1 Å². The van der Waals surface area contributed by atoms with Crippen molar-refractivity contribution in [1.29, 1.82) is 0 Å². The molecule has 0 spiro atoms. The zero-order chi connectivity index (χ0) is 16.2. The summed E-state index contributed by atoms with van der Waals surface area (Å²) in [5.74, 6) is -1.73. The van der Waals surface area contributed by atoms with Crippen LogP contribution in [0.2, 0.25) is 0 Å². The van der Waals surface area contributed by atoms with Gasteiger partial charge in [-0.3, -0.25) is 19.6 Å². The van der Waals surface area contributed by atoms with Crippen LogP contribution in [0.15, 0.2) is 49.1 Å². The van der Waals surface area contributed by atoms with Gasteiger partial charge in [0.2, 0.25) is 5.91 Å². The normalized spacial score (nSPS) is 20.4. The molecule has 0 saturated carbocycles. The monoisotopic (exact) mass is 311 g/mol. The van der Waals surface area contributed by atoms with E-state index in [1.165, 1.54) is 0 Å². The van der Waals surface area contributed by atoms with Gasteiger partial charge in [-0.15, -0.1) is 0 Å². The van der Waals surface area contributed by atoms with Crippen LogP contribution in [0.1, 0.15) is 17.0 Å². The summed E-state index contributed by atoms with van der Waals surface area (Å²) in [5.41, 5.74) is 1.74. The highest BCUT2D eigenvalue weighted by Crippen LogP contribution is 2.32. The van der Waals surface area contributed by atoms with Gasteiger partial charge in [0.15, 0.2) is 0 Å². The Morgan fingerprint density at radius 2 is 1.91 bits per heavy atom. The molecule has 1 aliphatic heterocycles. The number of amides is 1. The van der Waals surface area contributed by atoms with Crippen molar-refractivity contribution in [2.24, 2.45) is 5.92 Å². The fraction of sp³-hybridized carbons (Fsp3) is 0.294. The molecule has 3 heterocycles. The number of nitrogens with zero attached hydrogens (tertiary/aromatic N) is 3. The number of likely N-dealkylation sites (tertiary alicyclic amines) is 1. The van der Waals surface area contributed by atoms with Gasteiger partial charge in [0, 0.05) is 43.8 Å². The van der Waals surface area contributed by atoms with Crippen molar-refractivity contribution < 1.29 is 14.7 Å². The first-order valence-electron chi connectivity index (χ1n) is 7.44. The molecule has 1 aliphatic rings. The molecule has 6 heteroatoms. The summed E-state index contributed by atoms with van der Waals surface area (Å²) in [5, 5.41) is 9.47. The molecule has 23 heavy (non-hydrogen) atoms. The first kappa shape index (κ1) is 15.1. The minimum absolute atomic E-state index is 0.0687. The fourth-order valence-electron chi connectivity index (χ4n) is 3.00. The lowest BCUT2D eigenvalue weighted by Gasteiger charge is -2.16. The number of carboxylic acid groups (broad SMARTS) is 1. The number of carbonyl (C=O) groups excluding carboxylic acids is 1. The highest BCUT2D eigenvalue weighted by atomic mass is 16.4. The maximum atomic E-state index is 12.5. The predicted octanol–water partition coefficient (Wildman–Crippen LogP) is 1.35. The van der Waals surface area contributed by atoms with Crippen molar-refractivity contribution in [2.45, 2.75) is 12.3 Å². The number of aliphatic carboxylic acids is 1. The molecule has 1 amide bonds.